The molecule has 1 N–H and O–H groups in total. The molecule has 0 unspecified atom stereocenters. The number of benzene rings is 2. The minimum atomic E-state index is -0.241. The smallest absolute Gasteiger partial charge is 0.170 e. The molecule has 0 aliphatic carbocycles. The summed E-state index contributed by atoms with van der Waals surface area (Å²) in [7, 11) is 0. The van der Waals surface area contributed by atoms with Gasteiger partial charge in [0, 0.05) is 11.9 Å². The molecule has 2 aromatic carbocycles. The van der Waals surface area contributed by atoms with Gasteiger partial charge in [-0.1, -0.05) is 24.3 Å². The second kappa shape index (κ2) is 4.74. The SMILES string of the molecule is Fc1cccc(-c2cccc3oc(C4=NCCN4)cc23)c1. The first-order valence-corrected chi connectivity index (χ1v) is 6.88. The molecule has 21 heavy (non-hydrogen) atoms. The molecule has 0 fully saturated rings. The summed E-state index contributed by atoms with van der Waals surface area (Å²) >= 11 is 0. The van der Waals surface area contributed by atoms with Crippen molar-refractivity contribution in [2.45, 2.75) is 0 Å². The van der Waals surface area contributed by atoms with Gasteiger partial charge in [-0.05, 0) is 35.4 Å². The molecule has 4 rings (SSSR count). The van der Waals surface area contributed by atoms with Gasteiger partial charge in [0.05, 0.1) is 6.54 Å². The third kappa shape index (κ3) is 2.09. The molecule has 0 amide bonds. The molecule has 0 saturated carbocycles. The third-order valence-electron chi connectivity index (χ3n) is 3.60. The van der Waals surface area contributed by atoms with Gasteiger partial charge in [-0.25, -0.2) is 4.39 Å². The maximum absolute atomic E-state index is 13.5. The van der Waals surface area contributed by atoms with Crippen molar-refractivity contribution in [3.8, 4) is 11.1 Å². The lowest BCUT2D eigenvalue weighted by Crippen LogP contribution is -2.18. The summed E-state index contributed by atoms with van der Waals surface area (Å²) in [6, 6.07) is 14.4. The van der Waals surface area contributed by atoms with Crippen LogP contribution in [0.2, 0.25) is 0 Å². The first-order valence-electron chi connectivity index (χ1n) is 6.88. The van der Waals surface area contributed by atoms with E-state index in [9.17, 15) is 4.39 Å². The summed E-state index contributed by atoms with van der Waals surface area (Å²) in [5.41, 5.74) is 2.58. The largest absolute Gasteiger partial charge is 0.453 e. The molecule has 1 aliphatic rings. The number of nitrogens with one attached hydrogen (secondary N) is 1. The molecule has 2 heterocycles. The van der Waals surface area contributed by atoms with E-state index in [1.165, 1.54) is 12.1 Å². The maximum Gasteiger partial charge on any atom is 0.170 e. The predicted molar refractivity (Wildman–Crippen MR) is 81.0 cm³/mol. The van der Waals surface area contributed by atoms with Gasteiger partial charge in [-0.15, -0.1) is 0 Å². The van der Waals surface area contributed by atoms with E-state index in [1.807, 2.05) is 30.3 Å². The second-order valence-corrected chi connectivity index (χ2v) is 5.00. The average Bonchev–Trinajstić information content (AvgIpc) is 3.15. The van der Waals surface area contributed by atoms with E-state index in [-0.39, 0.29) is 5.82 Å². The molecule has 3 aromatic rings. The molecule has 0 spiro atoms. The highest BCUT2D eigenvalue weighted by Gasteiger charge is 2.15. The van der Waals surface area contributed by atoms with E-state index in [1.54, 1.807) is 6.07 Å². The summed E-state index contributed by atoms with van der Waals surface area (Å²) in [6.07, 6.45) is 0. The van der Waals surface area contributed by atoms with Crippen LogP contribution in [0.25, 0.3) is 22.1 Å². The molecule has 0 radical (unpaired) electrons. The lowest BCUT2D eigenvalue weighted by atomic mass is 10.0. The summed E-state index contributed by atoms with van der Waals surface area (Å²) in [5.74, 6) is 1.28. The Hall–Kier alpha value is -2.62. The van der Waals surface area contributed by atoms with Gasteiger partial charge in [0.25, 0.3) is 0 Å². The predicted octanol–water partition coefficient (Wildman–Crippen LogP) is 3.59. The maximum atomic E-state index is 13.5. The fourth-order valence-electron chi connectivity index (χ4n) is 2.65. The number of furan rings is 1. The number of hydrogen-bond acceptors (Lipinski definition) is 3. The van der Waals surface area contributed by atoms with Crippen LogP contribution in [0.5, 0.6) is 0 Å². The summed E-state index contributed by atoms with van der Waals surface area (Å²) in [6.45, 7) is 1.60. The van der Waals surface area contributed by atoms with Crippen molar-refractivity contribution in [1.29, 1.82) is 0 Å². The van der Waals surface area contributed by atoms with Crippen molar-refractivity contribution < 1.29 is 8.81 Å². The van der Waals surface area contributed by atoms with Crippen molar-refractivity contribution in [2.75, 3.05) is 13.1 Å². The van der Waals surface area contributed by atoms with Crippen molar-refractivity contribution in [3.63, 3.8) is 0 Å². The Bertz CT molecular complexity index is 851. The van der Waals surface area contributed by atoms with Gasteiger partial charge in [0.2, 0.25) is 0 Å². The quantitative estimate of drug-likeness (QED) is 0.779. The molecule has 1 aliphatic heterocycles. The Kier molecular flexibility index (Phi) is 2.74. The van der Waals surface area contributed by atoms with Crippen LogP contribution in [0.15, 0.2) is 57.9 Å². The van der Waals surface area contributed by atoms with Gasteiger partial charge in [-0.3, -0.25) is 4.99 Å². The van der Waals surface area contributed by atoms with E-state index in [2.05, 4.69) is 10.3 Å². The number of fused-ring (bicyclic) bond motifs is 1. The summed E-state index contributed by atoms with van der Waals surface area (Å²) < 4.78 is 19.3. The number of halogens is 1. The number of amidine groups is 1. The third-order valence-corrected chi connectivity index (χ3v) is 3.60. The molecule has 104 valence electrons. The summed E-state index contributed by atoms with van der Waals surface area (Å²) in [5, 5.41) is 4.17. The van der Waals surface area contributed by atoms with E-state index < -0.39 is 0 Å². The highest BCUT2D eigenvalue weighted by molar-refractivity contribution is 6.03. The minimum absolute atomic E-state index is 0.241. The monoisotopic (exact) mass is 280 g/mol. The highest BCUT2D eigenvalue weighted by atomic mass is 19.1. The zero-order valence-electron chi connectivity index (χ0n) is 11.3. The van der Waals surface area contributed by atoms with E-state index >= 15 is 0 Å². The standard InChI is InChI=1S/C17H13FN2O/c18-12-4-1-3-11(9-12)13-5-2-6-15-14(13)10-16(21-15)17-19-7-8-20-17/h1-6,9-10H,7-8H2,(H,19,20). The van der Waals surface area contributed by atoms with E-state index in [4.69, 9.17) is 4.42 Å². The average molecular weight is 280 g/mol. The Morgan fingerprint density at radius 2 is 2.00 bits per heavy atom. The number of aliphatic imine (C=N–C) groups is 1. The number of nitrogens with zero attached hydrogens (tertiary/aromatic N) is 1. The Morgan fingerprint density at radius 1 is 1.10 bits per heavy atom. The minimum Gasteiger partial charge on any atom is -0.453 e. The zero-order valence-corrected chi connectivity index (χ0v) is 11.3. The van der Waals surface area contributed by atoms with Gasteiger partial charge in [0.1, 0.15) is 11.4 Å². The molecule has 3 nitrogen and oxygen atoms in total. The van der Waals surface area contributed by atoms with Crippen LogP contribution in [-0.2, 0) is 0 Å². The first kappa shape index (κ1) is 12.1. The van der Waals surface area contributed by atoms with Crippen LogP contribution >= 0.6 is 0 Å². The lowest BCUT2D eigenvalue weighted by Gasteiger charge is -2.02. The molecular formula is C17H13FN2O. The molecule has 0 bridgehead atoms. The zero-order chi connectivity index (χ0) is 14.2. The second-order valence-electron chi connectivity index (χ2n) is 5.00. The molecular weight excluding hydrogens is 267 g/mol. The molecule has 4 heteroatoms. The fraction of sp³-hybridized carbons (Fsp3) is 0.118. The Labute approximate surface area is 121 Å². The Morgan fingerprint density at radius 3 is 2.81 bits per heavy atom. The van der Waals surface area contributed by atoms with Crippen LogP contribution in [0.4, 0.5) is 4.39 Å². The van der Waals surface area contributed by atoms with Crippen molar-refractivity contribution in [2.24, 2.45) is 4.99 Å². The highest BCUT2D eigenvalue weighted by Crippen LogP contribution is 2.31. The molecule has 1 aromatic heterocycles. The number of rotatable bonds is 2. The normalized spacial score (nSPS) is 14.2. The van der Waals surface area contributed by atoms with Gasteiger partial charge in [0.15, 0.2) is 11.6 Å². The fourth-order valence-corrected chi connectivity index (χ4v) is 2.65. The van der Waals surface area contributed by atoms with Crippen LogP contribution in [-0.4, -0.2) is 18.9 Å². The van der Waals surface area contributed by atoms with E-state index in [0.717, 1.165) is 46.8 Å². The van der Waals surface area contributed by atoms with Gasteiger partial charge >= 0.3 is 0 Å². The van der Waals surface area contributed by atoms with Crippen LogP contribution in [0, 0.1) is 5.82 Å². The van der Waals surface area contributed by atoms with Crippen molar-refractivity contribution in [1.82, 2.24) is 5.32 Å². The van der Waals surface area contributed by atoms with Crippen LogP contribution < -0.4 is 5.32 Å². The Balaban J connectivity index is 1.90. The molecule has 0 atom stereocenters. The summed E-state index contributed by atoms with van der Waals surface area (Å²) in [4.78, 5) is 4.37. The van der Waals surface area contributed by atoms with Crippen LogP contribution in [0.3, 0.4) is 0 Å². The van der Waals surface area contributed by atoms with E-state index in [0.29, 0.717) is 0 Å². The first-order chi connectivity index (χ1) is 10.3. The van der Waals surface area contributed by atoms with Crippen molar-refractivity contribution >= 4 is 16.8 Å². The van der Waals surface area contributed by atoms with Gasteiger partial charge in [-0.2, -0.15) is 0 Å². The van der Waals surface area contributed by atoms with Gasteiger partial charge < -0.3 is 9.73 Å². The lowest BCUT2D eigenvalue weighted by molar-refractivity contribution is 0.602. The topological polar surface area (TPSA) is 37.5 Å². The molecule has 0 saturated heterocycles. The van der Waals surface area contributed by atoms with Crippen molar-refractivity contribution in [3.05, 3.63) is 60.1 Å². The number of hydrogen-bond donors (Lipinski definition) is 1. The van der Waals surface area contributed by atoms with Crippen LogP contribution in [0.1, 0.15) is 5.76 Å².